The smallest absolute Gasteiger partial charge is 0.419 e. The number of rotatable bonds is 2. The molecule has 0 atom stereocenters. The highest BCUT2D eigenvalue weighted by atomic mass is 19.4. The summed E-state index contributed by atoms with van der Waals surface area (Å²) < 4.78 is 45.1. The lowest BCUT2D eigenvalue weighted by Crippen LogP contribution is -2.50. The van der Waals surface area contributed by atoms with Crippen LogP contribution in [0.5, 0.6) is 0 Å². The van der Waals surface area contributed by atoms with Crippen molar-refractivity contribution < 1.29 is 27.8 Å². The standard InChI is InChI=1S/C16H22F3N3O3/c1-15(2,3)25-14(24)22-6-4-21(5-7-22)13-12(16(17,18)19)8-11(10-23)9-20-13/h8-9,23H,4-7,10H2,1-3H3. The molecule has 0 spiro atoms. The first-order valence-corrected chi connectivity index (χ1v) is 7.91. The van der Waals surface area contributed by atoms with E-state index in [2.05, 4.69) is 4.98 Å². The Hall–Kier alpha value is -2.03. The van der Waals surface area contributed by atoms with Crippen LogP contribution in [0.25, 0.3) is 0 Å². The van der Waals surface area contributed by atoms with Crippen molar-refractivity contribution in [2.24, 2.45) is 0 Å². The van der Waals surface area contributed by atoms with E-state index in [4.69, 9.17) is 9.84 Å². The zero-order valence-electron chi connectivity index (χ0n) is 14.4. The van der Waals surface area contributed by atoms with E-state index in [1.807, 2.05) is 0 Å². The number of alkyl halides is 3. The van der Waals surface area contributed by atoms with Gasteiger partial charge >= 0.3 is 12.3 Å². The molecular weight excluding hydrogens is 339 g/mol. The highest BCUT2D eigenvalue weighted by Crippen LogP contribution is 2.36. The van der Waals surface area contributed by atoms with Crippen molar-refractivity contribution in [3.63, 3.8) is 0 Å². The number of aromatic nitrogens is 1. The van der Waals surface area contributed by atoms with Crippen molar-refractivity contribution in [2.45, 2.75) is 39.2 Å². The minimum absolute atomic E-state index is 0.100. The number of hydrogen-bond acceptors (Lipinski definition) is 5. The first-order valence-electron chi connectivity index (χ1n) is 7.91. The lowest BCUT2D eigenvalue weighted by Gasteiger charge is -2.37. The van der Waals surface area contributed by atoms with Crippen molar-refractivity contribution >= 4 is 11.9 Å². The number of carbonyl (C=O) groups is 1. The summed E-state index contributed by atoms with van der Waals surface area (Å²) in [6.45, 7) is 5.67. The van der Waals surface area contributed by atoms with Crippen LogP contribution in [0.15, 0.2) is 12.3 Å². The molecule has 1 fully saturated rings. The van der Waals surface area contributed by atoms with E-state index in [9.17, 15) is 18.0 Å². The van der Waals surface area contributed by atoms with Gasteiger partial charge in [0.2, 0.25) is 0 Å². The molecule has 1 saturated heterocycles. The second-order valence-corrected chi connectivity index (χ2v) is 6.83. The molecule has 1 aliphatic rings. The van der Waals surface area contributed by atoms with Gasteiger partial charge in [-0.25, -0.2) is 9.78 Å². The number of anilines is 1. The van der Waals surface area contributed by atoms with Crippen LogP contribution in [0.2, 0.25) is 0 Å². The normalized spacial score (nSPS) is 16.1. The molecule has 0 aliphatic carbocycles. The fraction of sp³-hybridized carbons (Fsp3) is 0.625. The Morgan fingerprint density at radius 1 is 1.24 bits per heavy atom. The van der Waals surface area contributed by atoms with E-state index in [0.29, 0.717) is 0 Å². The molecule has 1 aliphatic heterocycles. The second kappa shape index (κ2) is 7.07. The minimum Gasteiger partial charge on any atom is -0.444 e. The van der Waals surface area contributed by atoms with Gasteiger partial charge in [0.05, 0.1) is 12.2 Å². The molecule has 0 radical (unpaired) electrons. The SMILES string of the molecule is CC(C)(C)OC(=O)N1CCN(c2ncc(CO)cc2C(F)(F)F)CC1. The van der Waals surface area contributed by atoms with Gasteiger partial charge in [-0.3, -0.25) is 0 Å². The zero-order chi connectivity index (χ0) is 18.8. The van der Waals surface area contributed by atoms with Crippen LogP contribution in [-0.4, -0.2) is 52.9 Å². The molecule has 0 unspecified atom stereocenters. The Labute approximate surface area is 144 Å². The molecule has 1 N–H and O–H groups in total. The molecule has 6 nitrogen and oxygen atoms in total. The second-order valence-electron chi connectivity index (χ2n) is 6.83. The Balaban J connectivity index is 2.12. The topological polar surface area (TPSA) is 65.9 Å². The maximum Gasteiger partial charge on any atom is 0.419 e. The summed E-state index contributed by atoms with van der Waals surface area (Å²) in [7, 11) is 0. The first-order chi connectivity index (χ1) is 11.5. The van der Waals surface area contributed by atoms with Gasteiger partial charge in [-0.2, -0.15) is 13.2 Å². The maximum atomic E-state index is 13.3. The van der Waals surface area contributed by atoms with Crippen molar-refractivity contribution in [3.05, 3.63) is 23.4 Å². The summed E-state index contributed by atoms with van der Waals surface area (Å²) in [5, 5.41) is 9.04. The minimum atomic E-state index is -4.57. The fourth-order valence-electron chi connectivity index (χ4n) is 2.48. The van der Waals surface area contributed by atoms with Crippen molar-refractivity contribution in [3.8, 4) is 0 Å². The molecule has 0 saturated carbocycles. The predicted molar refractivity (Wildman–Crippen MR) is 85.2 cm³/mol. The number of pyridine rings is 1. The lowest BCUT2D eigenvalue weighted by molar-refractivity contribution is -0.137. The van der Waals surface area contributed by atoms with Gasteiger partial charge in [0.25, 0.3) is 0 Å². The van der Waals surface area contributed by atoms with E-state index in [-0.39, 0.29) is 37.6 Å². The Kier molecular flexibility index (Phi) is 5.46. The summed E-state index contributed by atoms with van der Waals surface area (Å²) in [4.78, 5) is 18.9. The maximum absolute atomic E-state index is 13.3. The van der Waals surface area contributed by atoms with Crippen molar-refractivity contribution in [2.75, 3.05) is 31.1 Å². The molecule has 2 rings (SSSR count). The monoisotopic (exact) mass is 361 g/mol. The van der Waals surface area contributed by atoms with E-state index in [1.165, 1.54) is 16.0 Å². The van der Waals surface area contributed by atoms with Gasteiger partial charge in [-0.1, -0.05) is 0 Å². The summed E-state index contributed by atoms with van der Waals surface area (Å²) in [5.74, 6) is -0.187. The van der Waals surface area contributed by atoms with Crippen LogP contribution in [0.3, 0.4) is 0 Å². The van der Waals surface area contributed by atoms with E-state index in [1.54, 1.807) is 20.8 Å². The van der Waals surface area contributed by atoms with Crippen LogP contribution in [0, 0.1) is 0 Å². The van der Waals surface area contributed by atoms with Gasteiger partial charge in [-0.05, 0) is 32.4 Å². The molecule has 2 heterocycles. The van der Waals surface area contributed by atoms with Gasteiger partial charge in [-0.15, -0.1) is 0 Å². The van der Waals surface area contributed by atoms with Crippen LogP contribution >= 0.6 is 0 Å². The third-order valence-electron chi connectivity index (χ3n) is 3.64. The third kappa shape index (κ3) is 4.97. The number of amides is 1. The summed E-state index contributed by atoms with van der Waals surface area (Å²) in [5.41, 5.74) is -1.41. The first kappa shape index (κ1) is 19.3. The molecule has 25 heavy (non-hydrogen) atoms. The quantitative estimate of drug-likeness (QED) is 0.877. The van der Waals surface area contributed by atoms with Gasteiger partial charge in [0, 0.05) is 32.4 Å². The molecule has 1 amide bonds. The Morgan fingerprint density at radius 3 is 2.32 bits per heavy atom. The Morgan fingerprint density at radius 2 is 1.84 bits per heavy atom. The predicted octanol–water partition coefficient (Wildman–Crippen LogP) is 2.65. The Bertz CT molecular complexity index is 621. The molecule has 0 bridgehead atoms. The fourth-order valence-corrected chi connectivity index (χ4v) is 2.48. The van der Waals surface area contributed by atoms with E-state index < -0.39 is 30.0 Å². The summed E-state index contributed by atoms with van der Waals surface area (Å²) in [6, 6.07) is 0.905. The van der Waals surface area contributed by atoms with E-state index >= 15 is 0 Å². The number of hydrogen-bond donors (Lipinski definition) is 1. The van der Waals surface area contributed by atoms with Crippen LogP contribution in [0.4, 0.5) is 23.8 Å². The molecular formula is C16H22F3N3O3. The van der Waals surface area contributed by atoms with Gasteiger partial charge in [0.1, 0.15) is 11.4 Å². The van der Waals surface area contributed by atoms with Crippen LogP contribution in [0.1, 0.15) is 31.9 Å². The van der Waals surface area contributed by atoms with Crippen LogP contribution < -0.4 is 4.90 Å². The molecule has 1 aromatic rings. The highest BCUT2D eigenvalue weighted by Gasteiger charge is 2.37. The number of nitrogens with zero attached hydrogens (tertiary/aromatic N) is 3. The van der Waals surface area contributed by atoms with E-state index in [0.717, 1.165) is 6.07 Å². The summed E-state index contributed by atoms with van der Waals surface area (Å²) in [6.07, 6.45) is -3.83. The third-order valence-corrected chi connectivity index (χ3v) is 3.64. The van der Waals surface area contributed by atoms with Gasteiger partial charge < -0.3 is 19.6 Å². The number of halogens is 3. The average Bonchev–Trinajstić information content (AvgIpc) is 2.52. The molecule has 1 aromatic heterocycles. The van der Waals surface area contributed by atoms with Crippen LogP contribution in [-0.2, 0) is 17.5 Å². The van der Waals surface area contributed by atoms with Crippen molar-refractivity contribution in [1.82, 2.24) is 9.88 Å². The number of carbonyl (C=O) groups excluding carboxylic acids is 1. The number of ether oxygens (including phenoxy) is 1. The zero-order valence-corrected chi connectivity index (χ0v) is 14.4. The number of aliphatic hydroxyl groups excluding tert-OH is 1. The average molecular weight is 361 g/mol. The lowest BCUT2D eigenvalue weighted by atomic mass is 10.1. The van der Waals surface area contributed by atoms with Crippen molar-refractivity contribution in [1.29, 1.82) is 0 Å². The van der Waals surface area contributed by atoms with Gasteiger partial charge in [0.15, 0.2) is 0 Å². The number of piperazine rings is 1. The summed E-state index contributed by atoms with van der Waals surface area (Å²) >= 11 is 0. The largest absolute Gasteiger partial charge is 0.444 e. The highest BCUT2D eigenvalue weighted by molar-refractivity contribution is 5.68. The molecule has 140 valence electrons. The number of aliphatic hydroxyl groups is 1. The molecule has 9 heteroatoms. The molecule has 0 aromatic carbocycles.